The molecule has 1 aromatic carbocycles. The van der Waals surface area contributed by atoms with Gasteiger partial charge in [-0.25, -0.2) is 4.98 Å². The van der Waals surface area contributed by atoms with Crippen molar-refractivity contribution in [3.05, 3.63) is 50.4 Å². The van der Waals surface area contributed by atoms with Crippen molar-refractivity contribution in [2.45, 2.75) is 33.4 Å². The number of rotatable bonds is 4. The molecule has 22 heavy (non-hydrogen) atoms. The minimum Gasteiger partial charge on any atom is -0.351 e. The average Bonchev–Trinajstić information content (AvgIpc) is 2.81. The summed E-state index contributed by atoms with van der Waals surface area (Å²) in [6.45, 7) is 6.83. The molecule has 1 atom stereocenters. The maximum absolute atomic E-state index is 6.24. The SMILES string of the molecule is CN=C(NCc1sc(C)nc1C)NC(C)c1ccccc1Cl. The lowest BCUT2D eigenvalue weighted by Crippen LogP contribution is -2.38. The summed E-state index contributed by atoms with van der Waals surface area (Å²) in [5, 5.41) is 8.53. The van der Waals surface area contributed by atoms with Gasteiger partial charge in [-0.1, -0.05) is 29.8 Å². The highest BCUT2D eigenvalue weighted by Crippen LogP contribution is 2.22. The minimum absolute atomic E-state index is 0.0733. The molecule has 4 nitrogen and oxygen atoms in total. The number of nitrogens with one attached hydrogen (secondary N) is 2. The van der Waals surface area contributed by atoms with Crippen LogP contribution < -0.4 is 10.6 Å². The molecule has 0 fully saturated rings. The van der Waals surface area contributed by atoms with E-state index in [2.05, 4.69) is 27.5 Å². The maximum atomic E-state index is 6.24. The van der Waals surface area contributed by atoms with Crippen molar-refractivity contribution in [1.82, 2.24) is 15.6 Å². The van der Waals surface area contributed by atoms with E-state index in [4.69, 9.17) is 11.6 Å². The van der Waals surface area contributed by atoms with Gasteiger partial charge in [0.1, 0.15) is 0 Å². The van der Waals surface area contributed by atoms with Gasteiger partial charge in [-0.2, -0.15) is 0 Å². The Morgan fingerprint density at radius 2 is 2.09 bits per heavy atom. The van der Waals surface area contributed by atoms with Crippen molar-refractivity contribution in [2.24, 2.45) is 4.99 Å². The van der Waals surface area contributed by atoms with Gasteiger partial charge in [-0.05, 0) is 32.4 Å². The fourth-order valence-electron chi connectivity index (χ4n) is 2.21. The Labute approximate surface area is 140 Å². The van der Waals surface area contributed by atoms with Crippen LogP contribution in [0.15, 0.2) is 29.3 Å². The van der Waals surface area contributed by atoms with Crippen LogP contribution in [0, 0.1) is 13.8 Å². The average molecular weight is 337 g/mol. The first-order valence-electron chi connectivity index (χ1n) is 7.15. The summed E-state index contributed by atoms with van der Waals surface area (Å²) in [5.41, 5.74) is 2.13. The summed E-state index contributed by atoms with van der Waals surface area (Å²) < 4.78 is 0. The molecule has 0 saturated carbocycles. The summed E-state index contributed by atoms with van der Waals surface area (Å²) in [6.07, 6.45) is 0. The molecule has 0 aliphatic heterocycles. The van der Waals surface area contributed by atoms with Gasteiger partial charge in [0.2, 0.25) is 0 Å². The monoisotopic (exact) mass is 336 g/mol. The molecule has 0 radical (unpaired) electrons. The van der Waals surface area contributed by atoms with Crippen LogP contribution in [0.3, 0.4) is 0 Å². The highest BCUT2D eigenvalue weighted by Gasteiger charge is 2.11. The molecule has 6 heteroatoms. The number of benzene rings is 1. The number of hydrogen-bond acceptors (Lipinski definition) is 3. The van der Waals surface area contributed by atoms with Crippen LogP contribution in [-0.2, 0) is 6.54 Å². The first kappa shape index (κ1) is 16.8. The van der Waals surface area contributed by atoms with Gasteiger partial charge in [-0.3, -0.25) is 4.99 Å². The number of nitrogens with zero attached hydrogens (tertiary/aromatic N) is 2. The minimum atomic E-state index is 0.0733. The second kappa shape index (κ2) is 7.61. The molecular formula is C16H21ClN4S. The van der Waals surface area contributed by atoms with Gasteiger partial charge in [0, 0.05) is 16.9 Å². The van der Waals surface area contributed by atoms with Gasteiger partial charge in [0.15, 0.2) is 5.96 Å². The molecule has 2 aromatic rings. The van der Waals surface area contributed by atoms with E-state index >= 15 is 0 Å². The third-order valence-corrected chi connectivity index (χ3v) is 4.78. The van der Waals surface area contributed by atoms with Gasteiger partial charge < -0.3 is 10.6 Å². The number of hydrogen-bond donors (Lipinski definition) is 2. The molecule has 1 heterocycles. The molecule has 118 valence electrons. The van der Waals surface area contributed by atoms with Crippen molar-refractivity contribution in [3.63, 3.8) is 0 Å². The van der Waals surface area contributed by atoms with Crippen LogP contribution in [0.25, 0.3) is 0 Å². The van der Waals surface area contributed by atoms with Crippen molar-refractivity contribution in [3.8, 4) is 0 Å². The highest BCUT2D eigenvalue weighted by molar-refractivity contribution is 7.11. The Kier molecular flexibility index (Phi) is 5.80. The predicted molar refractivity (Wildman–Crippen MR) is 94.8 cm³/mol. The van der Waals surface area contributed by atoms with Crippen LogP contribution in [0.4, 0.5) is 0 Å². The number of aryl methyl sites for hydroxylation is 2. The summed E-state index contributed by atoms with van der Waals surface area (Å²) in [7, 11) is 1.76. The van der Waals surface area contributed by atoms with Gasteiger partial charge in [0.25, 0.3) is 0 Å². The maximum Gasteiger partial charge on any atom is 0.191 e. The van der Waals surface area contributed by atoms with E-state index < -0.39 is 0 Å². The number of aliphatic imine (C=N–C) groups is 1. The van der Waals surface area contributed by atoms with E-state index in [9.17, 15) is 0 Å². The van der Waals surface area contributed by atoms with Gasteiger partial charge in [-0.15, -0.1) is 11.3 Å². The Morgan fingerprint density at radius 1 is 1.36 bits per heavy atom. The molecule has 1 unspecified atom stereocenters. The number of aromatic nitrogens is 1. The van der Waals surface area contributed by atoms with Gasteiger partial charge >= 0.3 is 0 Å². The Bertz CT molecular complexity index is 666. The molecule has 0 aliphatic rings. The zero-order chi connectivity index (χ0) is 16.1. The zero-order valence-electron chi connectivity index (χ0n) is 13.3. The van der Waals surface area contributed by atoms with Crippen LogP contribution in [0.5, 0.6) is 0 Å². The summed E-state index contributed by atoms with van der Waals surface area (Å²) in [5.74, 6) is 0.748. The van der Waals surface area contributed by atoms with E-state index in [1.165, 1.54) is 4.88 Å². The fraction of sp³-hybridized carbons (Fsp3) is 0.375. The topological polar surface area (TPSA) is 49.3 Å². The first-order valence-corrected chi connectivity index (χ1v) is 8.35. The van der Waals surface area contributed by atoms with Crippen molar-refractivity contribution < 1.29 is 0 Å². The van der Waals surface area contributed by atoms with Crippen molar-refractivity contribution >= 4 is 28.9 Å². The van der Waals surface area contributed by atoms with Crippen molar-refractivity contribution in [1.29, 1.82) is 0 Å². The number of halogens is 1. The van der Waals surface area contributed by atoms with E-state index in [0.29, 0.717) is 6.54 Å². The van der Waals surface area contributed by atoms with E-state index in [1.807, 2.05) is 38.1 Å². The summed E-state index contributed by atoms with van der Waals surface area (Å²) in [4.78, 5) is 9.93. The molecule has 0 saturated heterocycles. The van der Waals surface area contributed by atoms with E-state index in [-0.39, 0.29) is 6.04 Å². The fourth-order valence-corrected chi connectivity index (χ4v) is 3.38. The number of guanidine groups is 1. The third-order valence-electron chi connectivity index (χ3n) is 3.36. The molecule has 0 amide bonds. The molecule has 0 bridgehead atoms. The summed E-state index contributed by atoms with van der Waals surface area (Å²) >= 11 is 7.94. The van der Waals surface area contributed by atoms with Crippen LogP contribution in [0.2, 0.25) is 5.02 Å². The number of thiazole rings is 1. The van der Waals surface area contributed by atoms with Crippen molar-refractivity contribution in [2.75, 3.05) is 7.05 Å². The molecule has 2 N–H and O–H groups in total. The lowest BCUT2D eigenvalue weighted by molar-refractivity contribution is 0.686. The quantitative estimate of drug-likeness (QED) is 0.658. The van der Waals surface area contributed by atoms with Gasteiger partial charge in [0.05, 0.1) is 23.3 Å². The zero-order valence-corrected chi connectivity index (χ0v) is 14.8. The smallest absolute Gasteiger partial charge is 0.191 e. The molecule has 2 rings (SSSR count). The second-order valence-corrected chi connectivity index (χ2v) is 6.75. The van der Waals surface area contributed by atoms with Crippen LogP contribution >= 0.6 is 22.9 Å². The molecule has 1 aromatic heterocycles. The lowest BCUT2D eigenvalue weighted by Gasteiger charge is -2.19. The Balaban J connectivity index is 1.98. The van der Waals surface area contributed by atoms with Crippen LogP contribution in [0.1, 0.15) is 34.1 Å². The molecule has 0 spiro atoms. The highest BCUT2D eigenvalue weighted by atomic mass is 35.5. The molecular weight excluding hydrogens is 316 g/mol. The standard InChI is InChI=1S/C16H21ClN4S/c1-10(13-7-5-6-8-14(13)17)21-16(18-4)19-9-15-11(2)20-12(3)22-15/h5-8,10H,9H2,1-4H3,(H2,18,19,21). The Hall–Kier alpha value is -1.59. The van der Waals surface area contributed by atoms with E-state index in [1.54, 1.807) is 18.4 Å². The Morgan fingerprint density at radius 3 is 2.68 bits per heavy atom. The first-order chi connectivity index (χ1) is 10.5. The molecule has 0 aliphatic carbocycles. The van der Waals surface area contributed by atoms with Crippen LogP contribution in [-0.4, -0.2) is 18.0 Å². The third kappa shape index (κ3) is 4.21. The predicted octanol–water partition coefficient (Wildman–Crippen LogP) is 3.84. The largest absolute Gasteiger partial charge is 0.351 e. The summed E-state index contributed by atoms with van der Waals surface area (Å²) in [6, 6.07) is 7.90. The van der Waals surface area contributed by atoms with E-state index in [0.717, 1.165) is 27.2 Å². The normalized spacial score (nSPS) is 13.0. The second-order valence-electron chi connectivity index (χ2n) is 5.05. The lowest BCUT2D eigenvalue weighted by atomic mass is 10.1.